The predicted octanol–water partition coefficient (Wildman–Crippen LogP) is 1.47. The summed E-state index contributed by atoms with van der Waals surface area (Å²) in [6.45, 7) is 1.78. The van der Waals surface area contributed by atoms with E-state index in [2.05, 4.69) is 20.3 Å². The summed E-state index contributed by atoms with van der Waals surface area (Å²) in [6, 6.07) is 9.14. The molecule has 1 unspecified atom stereocenters. The largest absolute Gasteiger partial charge is 0.454 e. The fraction of sp³-hybridized carbons (Fsp3) is 0.278. The number of amides is 1. The van der Waals surface area contributed by atoms with E-state index in [0.29, 0.717) is 17.1 Å². The van der Waals surface area contributed by atoms with Crippen LogP contribution in [0.5, 0.6) is 11.5 Å². The van der Waals surface area contributed by atoms with Crippen molar-refractivity contribution < 1.29 is 14.3 Å². The monoisotopic (exact) mass is 351 g/mol. The number of nitrogens with zero attached hydrogens (tertiary/aromatic N) is 4. The third kappa shape index (κ3) is 2.50. The lowest BCUT2D eigenvalue weighted by molar-refractivity contribution is 0.0940. The van der Waals surface area contributed by atoms with Gasteiger partial charge in [-0.1, -0.05) is 0 Å². The van der Waals surface area contributed by atoms with E-state index in [4.69, 9.17) is 9.47 Å². The number of anilines is 1. The van der Waals surface area contributed by atoms with Crippen molar-refractivity contribution in [3.8, 4) is 11.5 Å². The molecule has 0 saturated carbocycles. The molecule has 1 atom stereocenters. The zero-order valence-corrected chi connectivity index (χ0v) is 14.0. The van der Waals surface area contributed by atoms with Crippen LogP contribution >= 0.6 is 0 Å². The topological polar surface area (TPSA) is 81.0 Å². The van der Waals surface area contributed by atoms with E-state index in [1.807, 2.05) is 16.6 Å². The Balaban J connectivity index is 1.29. The molecular formula is C18H17N5O3. The van der Waals surface area contributed by atoms with Gasteiger partial charge in [-0.3, -0.25) is 4.79 Å². The van der Waals surface area contributed by atoms with Crippen molar-refractivity contribution in [2.45, 2.75) is 12.5 Å². The number of rotatable bonds is 3. The summed E-state index contributed by atoms with van der Waals surface area (Å²) in [5, 5.41) is 7.44. The van der Waals surface area contributed by atoms with Crippen LogP contribution < -0.4 is 19.7 Å². The van der Waals surface area contributed by atoms with Crippen LogP contribution in [0.25, 0.3) is 5.65 Å². The Bertz CT molecular complexity index is 986. The Hall–Kier alpha value is -3.29. The Morgan fingerprint density at radius 2 is 2.08 bits per heavy atom. The lowest BCUT2D eigenvalue weighted by Gasteiger charge is -2.19. The molecule has 8 heteroatoms. The fourth-order valence-electron chi connectivity index (χ4n) is 3.45. The second-order valence-corrected chi connectivity index (χ2v) is 6.38. The fourth-order valence-corrected chi connectivity index (χ4v) is 3.45. The smallest absolute Gasteiger partial charge is 0.251 e. The molecule has 1 saturated heterocycles. The van der Waals surface area contributed by atoms with Crippen LogP contribution in [0.15, 0.2) is 42.7 Å². The Morgan fingerprint density at radius 1 is 1.15 bits per heavy atom. The normalized spacial score (nSPS) is 18.5. The molecular weight excluding hydrogens is 334 g/mol. The van der Waals surface area contributed by atoms with Crippen LogP contribution in [0.1, 0.15) is 16.8 Å². The number of nitrogens with one attached hydrogen (secondary N) is 1. The number of benzene rings is 1. The van der Waals surface area contributed by atoms with Gasteiger partial charge in [-0.2, -0.15) is 9.61 Å². The van der Waals surface area contributed by atoms with Crippen molar-refractivity contribution in [3.05, 3.63) is 48.3 Å². The molecule has 0 spiro atoms. The average Bonchev–Trinajstić information content (AvgIpc) is 3.40. The molecule has 8 nitrogen and oxygen atoms in total. The Morgan fingerprint density at radius 3 is 3.04 bits per heavy atom. The summed E-state index contributed by atoms with van der Waals surface area (Å²) in [5.74, 6) is 2.17. The molecule has 3 aromatic rings. The second kappa shape index (κ2) is 5.91. The minimum absolute atomic E-state index is 0.0756. The minimum Gasteiger partial charge on any atom is -0.454 e. The van der Waals surface area contributed by atoms with Gasteiger partial charge in [-0.05, 0) is 30.7 Å². The van der Waals surface area contributed by atoms with Crippen LogP contribution in [-0.2, 0) is 0 Å². The van der Waals surface area contributed by atoms with E-state index in [0.717, 1.165) is 31.0 Å². The number of hydrogen-bond donors (Lipinski definition) is 1. The predicted molar refractivity (Wildman–Crippen MR) is 93.6 cm³/mol. The van der Waals surface area contributed by atoms with Gasteiger partial charge in [0.1, 0.15) is 5.82 Å². The number of ether oxygens (including phenoxy) is 2. The van der Waals surface area contributed by atoms with E-state index < -0.39 is 0 Å². The molecule has 0 radical (unpaired) electrons. The molecule has 1 aromatic carbocycles. The molecule has 2 aliphatic heterocycles. The number of hydrogen-bond acceptors (Lipinski definition) is 6. The average molecular weight is 351 g/mol. The lowest BCUT2D eigenvalue weighted by atomic mass is 10.1. The van der Waals surface area contributed by atoms with Gasteiger partial charge in [0.2, 0.25) is 6.79 Å². The molecule has 5 rings (SSSR count). The maximum Gasteiger partial charge on any atom is 0.251 e. The van der Waals surface area contributed by atoms with Crippen LogP contribution in [-0.4, -0.2) is 46.4 Å². The number of carbonyl (C=O) groups excluding carboxylic acids is 1. The highest BCUT2D eigenvalue weighted by Gasteiger charge is 2.26. The van der Waals surface area contributed by atoms with Gasteiger partial charge in [-0.15, -0.1) is 0 Å². The molecule has 132 valence electrons. The SMILES string of the molecule is O=C(NC1CCN(c2ccnc3ccnn23)C1)c1ccc2c(c1)OCO2. The highest BCUT2D eigenvalue weighted by atomic mass is 16.7. The van der Waals surface area contributed by atoms with Crippen molar-refractivity contribution in [3.63, 3.8) is 0 Å². The van der Waals surface area contributed by atoms with Crippen molar-refractivity contribution in [2.24, 2.45) is 0 Å². The summed E-state index contributed by atoms with van der Waals surface area (Å²) < 4.78 is 12.4. The molecule has 0 aliphatic carbocycles. The van der Waals surface area contributed by atoms with E-state index in [1.165, 1.54) is 0 Å². The van der Waals surface area contributed by atoms with Gasteiger partial charge in [0, 0.05) is 37.0 Å². The highest BCUT2D eigenvalue weighted by molar-refractivity contribution is 5.95. The quantitative estimate of drug-likeness (QED) is 0.770. The van der Waals surface area contributed by atoms with Gasteiger partial charge >= 0.3 is 0 Å². The van der Waals surface area contributed by atoms with Gasteiger partial charge < -0.3 is 19.7 Å². The van der Waals surface area contributed by atoms with Crippen molar-refractivity contribution in [1.29, 1.82) is 0 Å². The number of fused-ring (bicyclic) bond motifs is 2. The molecule has 26 heavy (non-hydrogen) atoms. The summed E-state index contributed by atoms with van der Waals surface area (Å²) in [7, 11) is 0. The third-order valence-electron chi connectivity index (χ3n) is 4.75. The van der Waals surface area contributed by atoms with E-state index in [-0.39, 0.29) is 18.7 Å². The zero-order valence-electron chi connectivity index (χ0n) is 14.0. The maximum absolute atomic E-state index is 12.6. The van der Waals surface area contributed by atoms with Crippen LogP contribution in [0.4, 0.5) is 5.82 Å². The molecule has 1 fully saturated rings. The summed E-state index contributed by atoms with van der Waals surface area (Å²) in [6.07, 6.45) is 4.40. The summed E-state index contributed by atoms with van der Waals surface area (Å²) in [5.41, 5.74) is 1.39. The van der Waals surface area contributed by atoms with E-state index >= 15 is 0 Å². The van der Waals surface area contributed by atoms with Crippen LogP contribution in [0, 0.1) is 0 Å². The van der Waals surface area contributed by atoms with Gasteiger partial charge in [0.05, 0.1) is 6.20 Å². The standard InChI is InChI=1S/C18H17N5O3/c24-18(12-1-2-14-15(9-12)26-11-25-14)21-13-5-8-22(10-13)17-4-6-19-16-3-7-20-23(16)17/h1-4,6-7,9,13H,5,8,10-11H2,(H,21,24). The van der Waals surface area contributed by atoms with Crippen LogP contribution in [0.3, 0.4) is 0 Å². The van der Waals surface area contributed by atoms with E-state index in [9.17, 15) is 4.79 Å². The first-order valence-electron chi connectivity index (χ1n) is 8.52. The van der Waals surface area contributed by atoms with Crippen molar-refractivity contribution in [1.82, 2.24) is 19.9 Å². The second-order valence-electron chi connectivity index (χ2n) is 6.38. The zero-order chi connectivity index (χ0) is 17.5. The van der Waals surface area contributed by atoms with Gasteiger partial charge in [0.25, 0.3) is 5.91 Å². The van der Waals surface area contributed by atoms with Gasteiger partial charge in [0.15, 0.2) is 17.1 Å². The van der Waals surface area contributed by atoms with Gasteiger partial charge in [-0.25, -0.2) is 4.98 Å². The number of carbonyl (C=O) groups is 1. The highest BCUT2D eigenvalue weighted by Crippen LogP contribution is 2.32. The number of aromatic nitrogens is 3. The molecule has 2 aliphatic rings. The maximum atomic E-state index is 12.6. The Labute approximate surface area is 149 Å². The molecule has 1 amide bonds. The van der Waals surface area contributed by atoms with E-state index in [1.54, 1.807) is 30.6 Å². The molecule has 0 bridgehead atoms. The third-order valence-corrected chi connectivity index (χ3v) is 4.75. The first-order chi connectivity index (χ1) is 12.8. The first kappa shape index (κ1) is 15.0. The van der Waals surface area contributed by atoms with Crippen molar-refractivity contribution >= 4 is 17.4 Å². The molecule has 2 aromatic heterocycles. The first-order valence-corrected chi connectivity index (χ1v) is 8.52. The minimum atomic E-state index is -0.103. The Kier molecular flexibility index (Phi) is 3.41. The summed E-state index contributed by atoms with van der Waals surface area (Å²) in [4.78, 5) is 19.1. The van der Waals surface area contributed by atoms with Crippen LogP contribution in [0.2, 0.25) is 0 Å². The molecule has 1 N–H and O–H groups in total. The summed E-state index contributed by atoms with van der Waals surface area (Å²) >= 11 is 0. The molecule has 4 heterocycles. The lowest BCUT2D eigenvalue weighted by Crippen LogP contribution is -2.37. The van der Waals surface area contributed by atoms with Crippen molar-refractivity contribution in [2.75, 3.05) is 24.8 Å².